The number of rotatable bonds is 6. The lowest BCUT2D eigenvalue weighted by Gasteiger charge is -2.04. The molecule has 5 heteroatoms. The fourth-order valence-electron chi connectivity index (χ4n) is 1.14. The van der Waals surface area contributed by atoms with Crippen molar-refractivity contribution in [1.29, 1.82) is 0 Å². The molecule has 0 aliphatic carbocycles. The Morgan fingerprint density at radius 3 is 3.06 bits per heavy atom. The summed E-state index contributed by atoms with van der Waals surface area (Å²) < 4.78 is 4.83. The number of ether oxygens (including phenoxy) is 1. The molecule has 1 rings (SSSR count). The summed E-state index contributed by atoms with van der Waals surface area (Å²) in [4.78, 5) is 15.4. The van der Waals surface area contributed by atoms with Gasteiger partial charge in [-0.05, 0) is 19.1 Å². The van der Waals surface area contributed by atoms with Crippen LogP contribution < -0.4 is 5.32 Å². The molecule has 0 radical (unpaired) electrons. The van der Waals surface area contributed by atoms with Crippen LogP contribution in [0.3, 0.4) is 0 Å². The summed E-state index contributed by atoms with van der Waals surface area (Å²) >= 11 is 1.51. The maximum atomic E-state index is 11.1. The van der Waals surface area contributed by atoms with Crippen molar-refractivity contribution in [2.45, 2.75) is 12.7 Å². The SMILES string of the molecule is CCOC(=O)CSCc1cccc(NC)n1. The predicted molar refractivity (Wildman–Crippen MR) is 66.6 cm³/mol. The Morgan fingerprint density at radius 1 is 1.56 bits per heavy atom. The van der Waals surface area contributed by atoms with E-state index in [-0.39, 0.29) is 5.97 Å². The summed E-state index contributed by atoms with van der Waals surface area (Å²) in [7, 11) is 1.83. The second-order valence-corrected chi connectivity index (χ2v) is 4.05. The number of carbonyl (C=O) groups excluding carboxylic acids is 1. The molecule has 1 N–H and O–H groups in total. The van der Waals surface area contributed by atoms with Crippen molar-refractivity contribution in [3.63, 3.8) is 0 Å². The predicted octanol–water partition coefficient (Wildman–Crippen LogP) is 1.92. The standard InChI is InChI=1S/C11H16N2O2S/c1-3-15-11(14)8-16-7-9-5-4-6-10(12-2)13-9/h4-6H,3,7-8H2,1-2H3,(H,12,13). The first-order valence-electron chi connectivity index (χ1n) is 5.13. The zero-order valence-electron chi connectivity index (χ0n) is 9.53. The summed E-state index contributed by atoms with van der Waals surface area (Å²) in [5, 5.41) is 2.97. The third kappa shape index (κ3) is 4.53. The Kier molecular flexibility index (Phi) is 5.71. The summed E-state index contributed by atoms with van der Waals surface area (Å²) in [5.74, 6) is 1.76. The normalized spacial score (nSPS) is 9.88. The van der Waals surface area contributed by atoms with E-state index in [1.54, 1.807) is 6.92 Å². The van der Waals surface area contributed by atoms with E-state index in [0.29, 0.717) is 18.1 Å². The second kappa shape index (κ2) is 7.11. The fraction of sp³-hybridized carbons (Fsp3) is 0.455. The van der Waals surface area contributed by atoms with Crippen molar-refractivity contribution in [3.8, 4) is 0 Å². The molecule has 1 heterocycles. The Morgan fingerprint density at radius 2 is 2.38 bits per heavy atom. The zero-order valence-corrected chi connectivity index (χ0v) is 10.3. The van der Waals surface area contributed by atoms with Crippen LogP contribution in [0.15, 0.2) is 18.2 Å². The van der Waals surface area contributed by atoms with Gasteiger partial charge in [0.2, 0.25) is 0 Å². The molecular formula is C11H16N2O2S. The summed E-state index contributed by atoms with van der Waals surface area (Å²) in [6, 6.07) is 5.79. The minimum Gasteiger partial charge on any atom is -0.465 e. The van der Waals surface area contributed by atoms with Crippen LogP contribution in [0.2, 0.25) is 0 Å². The van der Waals surface area contributed by atoms with Gasteiger partial charge in [0.25, 0.3) is 0 Å². The van der Waals surface area contributed by atoms with E-state index in [1.807, 2.05) is 25.2 Å². The Labute approximate surface area is 99.8 Å². The maximum absolute atomic E-state index is 11.1. The van der Waals surface area contributed by atoms with Crippen molar-refractivity contribution < 1.29 is 9.53 Å². The molecular weight excluding hydrogens is 224 g/mol. The molecule has 0 amide bonds. The van der Waals surface area contributed by atoms with E-state index in [2.05, 4.69) is 10.3 Å². The van der Waals surface area contributed by atoms with Crippen molar-refractivity contribution in [3.05, 3.63) is 23.9 Å². The molecule has 0 spiro atoms. The van der Waals surface area contributed by atoms with Gasteiger partial charge in [-0.3, -0.25) is 4.79 Å². The molecule has 0 bridgehead atoms. The van der Waals surface area contributed by atoms with Crippen LogP contribution in [0.5, 0.6) is 0 Å². The van der Waals surface area contributed by atoms with E-state index in [4.69, 9.17) is 4.74 Å². The Balaban J connectivity index is 2.34. The number of pyridine rings is 1. The highest BCUT2D eigenvalue weighted by Crippen LogP contribution is 2.12. The van der Waals surface area contributed by atoms with Gasteiger partial charge in [-0.15, -0.1) is 11.8 Å². The van der Waals surface area contributed by atoms with Gasteiger partial charge in [0.15, 0.2) is 0 Å². The molecule has 0 saturated heterocycles. The third-order valence-corrected chi connectivity index (χ3v) is 2.78. The molecule has 1 aromatic rings. The quantitative estimate of drug-likeness (QED) is 0.770. The van der Waals surface area contributed by atoms with E-state index >= 15 is 0 Å². The zero-order chi connectivity index (χ0) is 11.8. The van der Waals surface area contributed by atoms with E-state index in [1.165, 1.54) is 11.8 Å². The third-order valence-electron chi connectivity index (χ3n) is 1.84. The van der Waals surface area contributed by atoms with E-state index in [9.17, 15) is 4.79 Å². The number of esters is 1. The van der Waals surface area contributed by atoms with E-state index < -0.39 is 0 Å². The molecule has 1 aromatic heterocycles. The first kappa shape index (κ1) is 12.8. The Hall–Kier alpha value is -1.23. The number of hydrogen-bond donors (Lipinski definition) is 1. The smallest absolute Gasteiger partial charge is 0.315 e. The molecule has 0 fully saturated rings. The van der Waals surface area contributed by atoms with Crippen molar-refractivity contribution in [2.24, 2.45) is 0 Å². The largest absolute Gasteiger partial charge is 0.465 e. The van der Waals surface area contributed by atoms with Gasteiger partial charge in [0, 0.05) is 12.8 Å². The molecule has 0 atom stereocenters. The molecule has 4 nitrogen and oxygen atoms in total. The maximum Gasteiger partial charge on any atom is 0.315 e. The van der Waals surface area contributed by atoms with Gasteiger partial charge in [0.05, 0.1) is 18.1 Å². The molecule has 88 valence electrons. The number of nitrogens with zero attached hydrogens (tertiary/aromatic N) is 1. The van der Waals surface area contributed by atoms with Crippen LogP contribution in [-0.4, -0.2) is 30.4 Å². The number of anilines is 1. The first-order chi connectivity index (χ1) is 7.76. The van der Waals surface area contributed by atoms with Crippen LogP contribution in [0.25, 0.3) is 0 Å². The molecule has 0 aliphatic rings. The lowest BCUT2D eigenvalue weighted by atomic mass is 10.4. The lowest BCUT2D eigenvalue weighted by molar-refractivity contribution is -0.139. The van der Waals surface area contributed by atoms with Crippen LogP contribution >= 0.6 is 11.8 Å². The van der Waals surface area contributed by atoms with E-state index in [0.717, 1.165) is 11.5 Å². The van der Waals surface area contributed by atoms with Gasteiger partial charge in [-0.2, -0.15) is 0 Å². The van der Waals surface area contributed by atoms with Crippen LogP contribution in [-0.2, 0) is 15.3 Å². The first-order valence-corrected chi connectivity index (χ1v) is 6.28. The van der Waals surface area contributed by atoms with Crippen LogP contribution in [0.1, 0.15) is 12.6 Å². The highest BCUT2D eigenvalue weighted by molar-refractivity contribution is 7.99. The lowest BCUT2D eigenvalue weighted by Crippen LogP contribution is -2.07. The summed E-state index contributed by atoms with van der Waals surface area (Å²) in [5.41, 5.74) is 0.959. The number of thioether (sulfide) groups is 1. The minimum absolute atomic E-state index is 0.169. The average molecular weight is 240 g/mol. The number of nitrogens with one attached hydrogen (secondary N) is 1. The average Bonchev–Trinajstić information content (AvgIpc) is 2.30. The fourth-order valence-corrected chi connectivity index (χ4v) is 1.86. The highest BCUT2D eigenvalue weighted by atomic mass is 32.2. The van der Waals surface area contributed by atoms with Gasteiger partial charge in [-0.25, -0.2) is 4.98 Å². The minimum atomic E-state index is -0.169. The molecule has 0 saturated carbocycles. The van der Waals surface area contributed by atoms with Gasteiger partial charge in [0.1, 0.15) is 5.82 Å². The monoisotopic (exact) mass is 240 g/mol. The topological polar surface area (TPSA) is 51.2 Å². The van der Waals surface area contributed by atoms with Crippen molar-refractivity contribution >= 4 is 23.5 Å². The van der Waals surface area contributed by atoms with Crippen molar-refractivity contribution in [2.75, 3.05) is 24.7 Å². The summed E-state index contributed by atoms with van der Waals surface area (Å²) in [6.07, 6.45) is 0. The van der Waals surface area contributed by atoms with Crippen LogP contribution in [0.4, 0.5) is 5.82 Å². The molecule has 16 heavy (non-hydrogen) atoms. The Bertz CT molecular complexity index is 345. The number of hydrogen-bond acceptors (Lipinski definition) is 5. The van der Waals surface area contributed by atoms with Crippen LogP contribution in [0, 0.1) is 0 Å². The number of aromatic nitrogens is 1. The highest BCUT2D eigenvalue weighted by Gasteiger charge is 2.02. The second-order valence-electron chi connectivity index (χ2n) is 3.06. The molecule has 0 aromatic carbocycles. The number of carbonyl (C=O) groups is 1. The van der Waals surface area contributed by atoms with Gasteiger partial charge < -0.3 is 10.1 Å². The molecule has 0 unspecified atom stereocenters. The van der Waals surface area contributed by atoms with Gasteiger partial charge in [-0.1, -0.05) is 6.07 Å². The molecule has 0 aliphatic heterocycles. The summed E-state index contributed by atoms with van der Waals surface area (Å²) in [6.45, 7) is 2.24. The van der Waals surface area contributed by atoms with Crippen molar-refractivity contribution in [1.82, 2.24) is 4.98 Å². The van der Waals surface area contributed by atoms with Gasteiger partial charge >= 0.3 is 5.97 Å².